The van der Waals surface area contributed by atoms with Crippen LogP contribution in [0.2, 0.25) is 0 Å². The van der Waals surface area contributed by atoms with Gasteiger partial charge in [-0.15, -0.1) is 0 Å². The minimum Gasteiger partial charge on any atom is -0.475 e. The fourth-order valence-corrected chi connectivity index (χ4v) is 3.94. The summed E-state index contributed by atoms with van der Waals surface area (Å²) in [7, 11) is 1.82. The summed E-state index contributed by atoms with van der Waals surface area (Å²) in [6.07, 6.45) is -7.67. The van der Waals surface area contributed by atoms with E-state index in [4.69, 9.17) is 24.5 Å². The van der Waals surface area contributed by atoms with Crippen molar-refractivity contribution >= 4 is 11.9 Å². The van der Waals surface area contributed by atoms with E-state index in [0.717, 1.165) is 25.6 Å². The number of likely N-dealkylation sites (N-methyl/N-ethyl adjacent to an activating group) is 1. The zero-order valence-electron chi connectivity index (χ0n) is 19.4. The first-order chi connectivity index (χ1) is 16.2. The van der Waals surface area contributed by atoms with Gasteiger partial charge in [0.1, 0.15) is 0 Å². The van der Waals surface area contributed by atoms with Gasteiger partial charge in [-0.05, 0) is 43.0 Å². The van der Waals surface area contributed by atoms with Crippen molar-refractivity contribution in [1.29, 1.82) is 0 Å². The van der Waals surface area contributed by atoms with Gasteiger partial charge in [0.15, 0.2) is 0 Å². The van der Waals surface area contributed by atoms with Gasteiger partial charge in [0.2, 0.25) is 0 Å². The molecule has 0 spiro atoms. The predicted octanol–water partition coefficient (Wildman–Crippen LogP) is 3.67. The summed E-state index contributed by atoms with van der Waals surface area (Å²) < 4.78 is 68.8. The van der Waals surface area contributed by atoms with Crippen LogP contribution in [0, 0.1) is 5.92 Å². The maximum absolute atomic E-state index is 10.6. The number of methoxy groups -OCH3 is 1. The van der Waals surface area contributed by atoms with E-state index < -0.39 is 24.3 Å². The normalized spacial score (nSPS) is 20.7. The second kappa shape index (κ2) is 13.6. The summed E-state index contributed by atoms with van der Waals surface area (Å²) in [5.41, 5.74) is 3.08. The van der Waals surface area contributed by atoms with Gasteiger partial charge in [-0.1, -0.05) is 31.2 Å². The Bertz CT molecular complexity index is 794. The first kappa shape index (κ1) is 30.7. The predicted molar refractivity (Wildman–Crippen MR) is 114 cm³/mol. The second-order valence-corrected chi connectivity index (χ2v) is 8.17. The van der Waals surface area contributed by atoms with Crippen LogP contribution in [-0.2, 0) is 27.3 Å². The summed E-state index contributed by atoms with van der Waals surface area (Å²) in [5, 5.41) is 14.2. The molecule has 1 saturated heterocycles. The number of fused-ring (bicyclic) bond motifs is 1. The first-order valence-electron chi connectivity index (χ1n) is 10.8. The van der Waals surface area contributed by atoms with Crippen molar-refractivity contribution < 1.29 is 50.9 Å². The highest BCUT2D eigenvalue weighted by atomic mass is 19.4. The molecule has 0 bridgehead atoms. The van der Waals surface area contributed by atoms with Crippen LogP contribution in [-0.4, -0.2) is 90.2 Å². The standard InChI is InChI=1S/C18H28N2O.2C2HF3O2/c1-3-20-12-17-7-5-4-6-16(17)10-18(20)13-19-9-8-15(11-19)14-21-2;2*3-2(4,5)1(6)7/h4-7,15,18H,3,8-14H2,1-2H3;2*(H,6,7). The van der Waals surface area contributed by atoms with Gasteiger partial charge >= 0.3 is 24.3 Å². The lowest BCUT2D eigenvalue weighted by molar-refractivity contribution is -0.193. The molecule has 2 atom stereocenters. The molecule has 0 saturated carbocycles. The van der Waals surface area contributed by atoms with Crippen molar-refractivity contribution in [1.82, 2.24) is 9.80 Å². The fraction of sp³-hybridized carbons (Fsp3) is 0.636. The third-order valence-electron chi connectivity index (χ3n) is 5.60. The lowest BCUT2D eigenvalue weighted by Gasteiger charge is -2.38. The molecule has 35 heavy (non-hydrogen) atoms. The third-order valence-corrected chi connectivity index (χ3v) is 5.60. The van der Waals surface area contributed by atoms with Crippen LogP contribution in [0.3, 0.4) is 0 Å². The molecule has 7 nitrogen and oxygen atoms in total. The summed E-state index contributed by atoms with van der Waals surface area (Å²) in [4.78, 5) is 23.1. The molecule has 0 amide bonds. The molecule has 3 rings (SSSR count). The number of aliphatic carboxylic acids is 2. The summed E-state index contributed by atoms with van der Waals surface area (Å²) >= 11 is 0. The molecule has 1 fully saturated rings. The molecule has 1 aromatic carbocycles. The van der Waals surface area contributed by atoms with Crippen molar-refractivity contribution in [3.05, 3.63) is 35.4 Å². The zero-order valence-corrected chi connectivity index (χ0v) is 19.4. The van der Waals surface area contributed by atoms with E-state index in [9.17, 15) is 26.3 Å². The number of likely N-dealkylation sites (tertiary alicyclic amines) is 1. The summed E-state index contributed by atoms with van der Waals surface area (Å²) in [6.45, 7) is 9.14. The highest BCUT2D eigenvalue weighted by molar-refractivity contribution is 5.73. The van der Waals surface area contributed by atoms with Crippen LogP contribution in [0.1, 0.15) is 24.5 Å². The molecule has 2 unspecified atom stereocenters. The number of carboxylic acids is 2. The molecule has 2 aliphatic rings. The average Bonchev–Trinajstić information content (AvgIpc) is 3.20. The minimum atomic E-state index is -5.08. The number of rotatable bonds is 5. The summed E-state index contributed by atoms with van der Waals surface area (Å²) in [5.74, 6) is -4.78. The van der Waals surface area contributed by atoms with Crippen LogP contribution in [0.25, 0.3) is 0 Å². The topological polar surface area (TPSA) is 90.3 Å². The van der Waals surface area contributed by atoms with Crippen LogP contribution in [0.15, 0.2) is 24.3 Å². The first-order valence-corrected chi connectivity index (χ1v) is 10.8. The van der Waals surface area contributed by atoms with Gasteiger partial charge in [0.25, 0.3) is 0 Å². The molecule has 13 heteroatoms. The minimum absolute atomic E-state index is 0.672. The molecule has 1 aromatic rings. The number of carbonyl (C=O) groups is 2. The van der Waals surface area contributed by atoms with E-state index >= 15 is 0 Å². The number of nitrogens with zero attached hydrogens (tertiary/aromatic N) is 2. The Balaban J connectivity index is 0.000000362. The van der Waals surface area contributed by atoms with Gasteiger partial charge < -0.3 is 19.8 Å². The van der Waals surface area contributed by atoms with Crippen molar-refractivity contribution in [2.45, 2.75) is 44.7 Å². The Morgan fingerprint density at radius 2 is 1.54 bits per heavy atom. The summed E-state index contributed by atoms with van der Waals surface area (Å²) in [6, 6.07) is 9.63. The second-order valence-electron chi connectivity index (χ2n) is 8.17. The number of alkyl halides is 6. The lowest BCUT2D eigenvalue weighted by atomic mass is 9.93. The third kappa shape index (κ3) is 10.8. The monoisotopic (exact) mass is 516 g/mol. The van der Waals surface area contributed by atoms with Crippen LogP contribution < -0.4 is 0 Å². The smallest absolute Gasteiger partial charge is 0.475 e. The van der Waals surface area contributed by atoms with Gasteiger partial charge in [-0.3, -0.25) is 4.90 Å². The Morgan fingerprint density at radius 1 is 1.03 bits per heavy atom. The van der Waals surface area contributed by atoms with Crippen LogP contribution in [0.5, 0.6) is 0 Å². The molecule has 200 valence electrons. The van der Waals surface area contributed by atoms with E-state index in [-0.39, 0.29) is 0 Å². The Labute approximate surface area is 199 Å². The van der Waals surface area contributed by atoms with Crippen molar-refractivity contribution in [3.63, 3.8) is 0 Å². The van der Waals surface area contributed by atoms with E-state index in [1.54, 1.807) is 5.56 Å². The largest absolute Gasteiger partial charge is 0.490 e. The number of halogens is 6. The highest BCUT2D eigenvalue weighted by Gasteiger charge is 2.39. The number of ether oxygens (including phenoxy) is 1. The Morgan fingerprint density at radius 3 is 2.00 bits per heavy atom. The molecule has 0 aliphatic carbocycles. The van der Waals surface area contributed by atoms with Crippen LogP contribution >= 0.6 is 0 Å². The molecular formula is C22H30F6N2O5. The maximum atomic E-state index is 10.6. The van der Waals surface area contributed by atoms with Crippen LogP contribution in [0.4, 0.5) is 26.3 Å². The highest BCUT2D eigenvalue weighted by Crippen LogP contribution is 2.25. The van der Waals surface area contributed by atoms with Crippen molar-refractivity contribution in [2.75, 3.05) is 39.9 Å². The lowest BCUT2D eigenvalue weighted by Crippen LogP contribution is -2.47. The number of carboxylic acid groups (broad SMARTS) is 2. The molecular weight excluding hydrogens is 486 g/mol. The quantitative estimate of drug-likeness (QED) is 0.578. The van der Waals surface area contributed by atoms with Gasteiger partial charge in [0.05, 0.1) is 6.61 Å². The number of benzene rings is 1. The van der Waals surface area contributed by atoms with E-state index in [0.29, 0.717) is 6.04 Å². The zero-order chi connectivity index (χ0) is 26.8. The number of hydrogen-bond donors (Lipinski definition) is 2. The Kier molecular flexibility index (Phi) is 11.9. The molecule has 2 aliphatic heterocycles. The van der Waals surface area contributed by atoms with E-state index in [2.05, 4.69) is 41.0 Å². The SMILES string of the molecule is CCN1Cc2ccccc2CC1CN1CCC(COC)C1.O=C(O)C(F)(F)F.O=C(O)C(F)(F)F. The Hall–Kier alpha value is -2.38. The van der Waals surface area contributed by atoms with Gasteiger partial charge in [-0.2, -0.15) is 26.3 Å². The fourth-order valence-electron chi connectivity index (χ4n) is 3.94. The molecule has 2 heterocycles. The molecule has 0 radical (unpaired) electrons. The molecule has 0 aromatic heterocycles. The van der Waals surface area contributed by atoms with Gasteiger partial charge in [-0.25, -0.2) is 9.59 Å². The maximum Gasteiger partial charge on any atom is 0.490 e. The van der Waals surface area contributed by atoms with E-state index in [1.165, 1.54) is 38.0 Å². The molecule has 2 N–H and O–H groups in total. The van der Waals surface area contributed by atoms with Gasteiger partial charge in [0, 0.05) is 32.8 Å². The van der Waals surface area contributed by atoms with E-state index in [1.807, 2.05) is 7.11 Å². The van der Waals surface area contributed by atoms with Crippen molar-refractivity contribution in [2.24, 2.45) is 5.92 Å². The average molecular weight is 516 g/mol. The number of hydrogen-bond acceptors (Lipinski definition) is 5. The van der Waals surface area contributed by atoms with Crippen molar-refractivity contribution in [3.8, 4) is 0 Å².